The minimum atomic E-state index is 0.00435. The zero-order valence-electron chi connectivity index (χ0n) is 11.9. The number of hydrogen-bond acceptors (Lipinski definition) is 3. The van der Waals surface area contributed by atoms with Crippen LogP contribution in [0.4, 0.5) is 0 Å². The van der Waals surface area contributed by atoms with Crippen molar-refractivity contribution in [3.8, 4) is 0 Å². The van der Waals surface area contributed by atoms with E-state index in [2.05, 4.69) is 6.07 Å². The van der Waals surface area contributed by atoms with Crippen LogP contribution in [-0.4, -0.2) is 29.5 Å². The van der Waals surface area contributed by atoms with Gasteiger partial charge in [0.15, 0.2) is 5.78 Å². The Balaban J connectivity index is 1.95. The Morgan fingerprint density at radius 1 is 1.47 bits per heavy atom. The second-order valence-corrected chi connectivity index (χ2v) is 6.67. The van der Waals surface area contributed by atoms with E-state index in [1.54, 1.807) is 11.8 Å². The third-order valence-electron chi connectivity index (χ3n) is 3.58. The number of aryl methyl sites for hydroxylation is 2. The highest BCUT2D eigenvalue weighted by Gasteiger charge is 2.21. The lowest BCUT2D eigenvalue weighted by atomic mass is 10.0. The second-order valence-electron chi connectivity index (χ2n) is 5.29. The molecule has 0 saturated carbocycles. The Bertz CT molecular complexity index is 450. The van der Waals surface area contributed by atoms with Gasteiger partial charge in [-0.1, -0.05) is 17.7 Å². The van der Waals surface area contributed by atoms with Crippen molar-refractivity contribution in [1.82, 2.24) is 0 Å². The van der Waals surface area contributed by atoms with Crippen LogP contribution in [0.25, 0.3) is 0 Å². The highest BCUT2D eigenvalue weighted by Crippen LogP contribution is 2.23. The SMILES string of the molecule is Cc1ccc(C)c(C(=O)C(C)SCC2CCCO2)c1. The quantitative estimate of drug-likeness (QED) is 0.767. The Kier molecular flexibility index (Phi) is 5.06. The first-order chi connectivity index (χ1) is 9.08. The zero-order chi connectivity index (χ0) is 13.8. The molecule has 2 rings (SSSR count). The third kappa shape index (κ3) is 3.83. The summed E-state index contributed by atoms with van der Waals surface area (Å²) < 4.78 is 5.60. The molecule has 0 bridgehead atoms. The van der Waals surface area contributed by atoms with E-state index in [1.165, 1.54) is 0 Å². The molecule has 2 nitrogen and oxygen atoms in total. The van der Waals surface area contributed by atoms with Crippen LogP contribution in [0.5, 0.6) is 0 Å². The van der Waals surface area contributed by atoms with E-state index in [0.717, 1.165) is 41.9 Å². The van der Waals surface area contributed by atoms with Crippen molar-refractivity contribution in [2.24, 2.45) is 0 Å². The lowest BCUT2D eigenvalue weighted by Gasteiger charge is -2.15. The molecular formula is C16H22O2S. The van der Waals surface area contributed by atoms with Gasteiger partial charge in [-0.25, -0.2) is 0 Å². The number of benzene rings is 1. The van der Waals surface area contributed by atoms with Gasteiger partial charge < -0.3 is 4.74 Å². The summed E-state index contributed by atoms with van der Waals surface area (Å²) in [5.41, 5.74) is 3.08. The van der Waals surface area contributed by atoms with E-state index in [-0.39, 0.29) is 11.0 Å². The summed E-state index contributed by atoms with van der Waals surface area (Å²) >= 11 is 1.72. The smallest absolute Gasteiger partial charge is 0.175 e. The molecule has 1 aromatic rings. The maximum Gasteiger partial charge on any atom is 0.175 e. The van der Waals surface area contributed by atoms with Crippen LogP contribution in [0.2, 0.25) is 0 Å². The fraction of sp³-hybridized carbons (Fsp3) is 0.562. The molecule has 1 heterocycles. The van der Waals surface area contributed by atoms with E-state index in [4.69, 9.17) is 4.74 Å². The van der Waals surface area contributed by atoms with Gasteiger partial charge in [0.2, 0.25) is 0 Å². The topological polar surface area (TPSA) is 26.3 Å². The summed E-state index contributed by atoms with van der Waals surface area (Å²) in [7, 11) is 0. The average molecular weight is 278 g/mol. The van der Waals surface area contributed by atoms with Crippen molar-refractivity contribution < 1.29 is 9.53 Å². The van der Waals surface area contributed by atoms with Crippen LogP contribution < -0.4 is 0 Å². The molecule has 104 valence electrons. The minimum absolute atomic E-state index is 0.00435. The van der Waals surface area contributed by atoms with E-state index in [0.29, 0.717) is 6.10 Å². The van der Waals surface area contributed by atoms with Gasteiger partial charge in [0.1, 0.15) is 0 Å². The number of rotatable bonds is 5. The van der Waals surface area contributed by atoms with Crippen LogP contribution in [0.15, 0.2) is 18.2 Å². The highest BCUT2D eigenvalue weighted by molar-refractivity contribution is 8.00. The Morgan fingerprint density at radius 2 is 2.26 bits per heavy atom. The number of ether oxygens (including phenoxy) is 1. The molecule has 2 atom stereocenters. The summed E-state index contributed by atoms with van der Waals surface area (Å²) in [4.78, 5) is 12.5. The van der Waals surface area contributed by atoms with Gasteiger partial charge in [0, 0.05) is 17.9 Å². The Labute approximate surface area is 119 Å². The molecule has 0 radical (unpaired) electrons. The first-order valence-corrected chi connectivity index (χ1v) is 7.97. The lowest BCUT2D eigenvalue weighted by molar-refractivity contribution is 0.0992. The number of Topliss-reactive ketones (excluding diaryl/α,β-unsaturated/α-hetero) is 1. The van der Waals surface area contributed by atoms with Gasteiger partial charge >= 0.3 is 0 Å². The number of ketones is 1. The zero-order valence-corrected chi connectivity index (χ0v) is 12.8. The van der Waals surface area contributed by atoms with Gasteiger partial charge in [0.05, 0.1) is 11.4 Å². The van der Waals surface area contributed by atoms with E-state index < -0.39 is 0 Å². The average Bonchev–Trinajstić information content (AvgIpc) is 2.91. The molecule has 0 amide bonds. The molecule has 19 heavy (non-hydrogen) atoms. The molecule has 2 unspecified atom stereocenters. The number of carbonyl (C=O) groups excluding carboxylic acids is 1. The maximum absolute atomic E-state index is 12.5. The van der Waals surface area contributed by atoms with Crippen molar-refractivity contribution in [1.29, 1.82) is 0 Å². The summed E-state index contributed by atoms with van der Waals surface area (Å²) in [5, 5.41) is 0.00435. The molecule has 0 spiro atoms. The van der Waals surface area contributed by atoms with Crippen molar-refractivity contribution in [2.45, 2.75) is 45.0 Å². The predicted molar refractivity (Wildman–Crippen MR) is 81.1 cm³/mol. The molecule has 1 aliphatic rings. The predicted octanol–water partition coefficient (Wildman–Crippen LogP) is 3.79. The van der Waals surface area contributed by atoms with Crippen LogP contribution >= 0.6 is 11.8 Å². The van der Waals surface area contributed by atoms with Crippen LogP contribution in [0, 0.1) is 13.8 Å². The molecule has 1 saturated heterocycles. The van der Waals surface area contributed by atoms with Crippen LogP contribution in [0.1, 0.15) is 41.3 Å². The van der Waals surface area contributed by atoms with Gasteiger partial charge in [-0.2, -0.15) is 0 Å². The minimum Gasteiger partial charge on any atom is -0.377 e. The molecule has 3 heteroatoms. The summed E-state index contributed by atoms with van der Waals surface area (Å²) in [6.45, 7) is 6.92. The lowest BCUT2D eigenvalue weighted by Crippen LogP contribution is -2.18. The first kappa shape index (κ1) is 14.6. The van der Waals surface area contributed by atoms with Crippen molar-refractivity contribution >= 4 is 17.5 Å². The van der Waals surface area contributed by atoms with Crippen LogP contribution in [0.3, 0.4) is 0 Å². The number of hydrogen-bond donors (Lipinski definition) is 0. The molecule has 1 aliphatic heterocycles. The second kappa shape index (κ2) is 6.58. The summed E-state index contributed by atoms with van der Waals surface area (Å²) in [6.07, 6.45) is 2.64. The number of carbonyl (C=O) groups is 1. The molecule has 0 aliphatic carbocycles. The Morgan fingerprint density at radius 3 is 2.95 bits per heavy atom. The number of thioether (sulfide) groups is 1. The maximum atomic E-state index is 12.5. The van der Waals surface area contributed by atoms with E-state index in [9.17, 15) is 4.79 Å². The van der Waals surface area contributed by atoms with Crippen molar-refractivity contribution in [3.63, 3.8) is 0 Å². The molecule has 1 fully saturated rings. The molecule has 0 aromatic heterocycles. The molecule has 0 N–H and O–H groups in total. The Hall–Kier alpha value is -0.800. The molecular weight excluding hydrogens is 256 g/mol. The van der Waals surface area contributed by atoms with Gasteiger partial charge in [-0.05, 0) is 45.2 Å². The van der Waals surface area contributed by atoms with Crippen molar-refractivity contribution in [2.75, 3.05) is 12.4 Å². The summed E-state index contributed by atoms with van der Waals surface area (Å²) in [5.74, 6) is 1.17. The standard InChI is InChI=1S/C16H22O2S/c1-11-6-7-12(2)15(9-11)16(17)13(3)19-10-14-5-4-8-18-14/h6-7,9,13-14H,4-5,8,10H2,1-3H3. The largest absolute Gasteiger partial charge is 0.377 e. The summed E-state index contributed by atoms with van der Waals surface area (Å²) in [6, 6.07) is 6.08. The highest BCUT2D eigenvalue weighted by atomic mass is 32.2. The van der Waals surface area contributed by atoms with Crippen molar-refractivity contribution in [3.05, 3.63) is 34.9 Å². The van der Waals surface area contributed by atoms with E-state index in [1.807, 2.05) is 32.9 Å². The van der Waals surface area contributed by atoms with Gasteiger partial charge in [0.25, 0.3) is 0 Å². The fourth-order valence-electron chi connectivity index (χ4n) is 2.32. The molecule has 1 aromatic carbocycles. The fourth-order valence-corrected chi connectivity index (χ4v) is 3.37. The third-order valence-corrected chi connectivity index (χ3v) is 4.86. The van der Waals surface area contributed by atoms with Crippen LogP contribution in [-0.2, 0) is 4.74 Å². The monoisotopic (exact) mass is 278 g/mol. The van der Waals surface area contributed by atoms with E-state index >= 15 is 0 Å². The van der Waals surface area contributed by atoms with Gasteiger partial charge in [-0.3, -0.25) is 4.79 Å². The normalized spacial score (nSPS) is 20.5. The van der Waals surface area contributed by atoms with Gasteiger partial charge in [-0.15, -0.1) is 11.8 Å². The first-order valence-electron chi connectivity index (χ1n) is 6.92.